The van der Waals surface area contributed by atoms with Crippen LogP contribution in [-0.4, -0.2) is 44.6 Å². The number of nitrogens with one attached hydrogen (secondary N) is 1. The molecule has 0 bridgehead atoms. The smallest absolute Gasteiger partial charge is 0.235 e. The zero-order chi connectivity index (χ0) is 20.7. The summed E-state index contributed by atoms with van der Waals surface area (Å²) >= 11 is 0. The normalized spacial score (nSPS) is 11.5. The third-order valence-electron chi connectivity index (χ3n) is 4.51. The van der Waals surface area contributed by atoms with E-state index in [1.165, 1.54) is 4.31 Å². The highest BCUT2D eigenvalue weighted by atomic mass is 32.2. The van der Waals surface area contributed by atoms with Gasteiger partial charge in [0.2, 0.25) is 15.9 Å². The van der Waals surface area contributed by atoms with Gasteiger partial charge in [0.05, 0.1) is 19.3 Å². The molecule has 0 saturated carbocycles. The second-order valence-corrected chi connectivity index (χ2v) is 8.90. The van der Waals surface area contributed by atoms with Gasteiger partial charge in [-0.25, -0.2) is 8.42 Å². The largest absolute Gasteiger partial charge is 0.491 e. The number of sulfonamides is 1. The summed E-state index contributed by atoms with van der Waals surface area (Å²) in [6, 6.07) is 13.4. The Balaban J connectivity index is 1.86. The molecule has 0 aliphatic carbocycles. The molecule has 1 amide bonds. The summed E-state index contributed by atoms with van der Waals surface area (Å²) in [5.41, 5.74) is 4.13. The number of hydrogen-bond donors (Lipinski definition) is 1. The van der Waals surface area contributed by atoms with Gasteiger partial charge < -0.3 is 10.1 Å². The topological polar surface area (TPSA) is 75.7 Å². The summed E-state index contributed by atoms with van der Waals surface area (Å²) in [6.45, 7) is 6.50. The molecule has 0 radical (unpaired) electrons. The average molecular weight is 405 g/mol. The molecule has 0 atom stereocenters. The summed E-state index contributed by atoms with van der Waals surface area (Å²) in [5, 5.41) is 2.71. The Bertz CT molecular complexity index is 909. The van der Waals surface area contributed by atoms with E-state index in [-0.39, 0.29) is 19.0 Å². The van der Waals surface area contributed by atoms with E-state index in [1.54, 1.807) is 0 Å². The van der Waals surface area contributed by atoms with Gasteiger partial charge in [-0.3, -0.25) is 4.79 Å². The Morgan fingerprint density at radius 2 is 1.75 bits per heavy atom. The van der Waals surface area contributed by atoms with Crippen LogP contribution in [0.5, 0.6) is 5.75 Å². The standard InChI is InChI=1S/C21H28N2O4S/c1-16-8-10-19(11-9-16)14-23(28(4,25)26)15-21(24)22-12-13-27-20-7-5-6-17(2)18(20)3/h5-11H,12-15H2,1-4H3,(H,22,24). The van der Waals surface area contributed by atoms with E-state index in [0.717, 1.165) is 34.3 Å². The van der Waals surface area contributed by atoms with Crippen molar-refractivity contribution in [2.45, 2.75) is 27.3 Å². The third-order valence-corrected chi connectivity index (χ3v) is 5.70. The number of carbonyl (C=O) groups is 1. The number of nitrogens with zero attached hydrogens (tertiary/aromatic N) is 1. The molecule has 2 rings (SSSR count). The summed E-state index contributed by atoms with van der Waals surface area (Å²) in [7, 11) is -3.51. The van der Waals surface area contributed by atoms with Crippen molar-refractivity contribution in [2.75, 3.05) is 26.0 Å². The molecule has 0 aromatic heterocycles. The Morgan fingerprint density at radius 3 is 2.39 bits per heavy atom. The van der Waals surface area contributed by atoms with Gasteiger partial charge >= 0.3 is 0 Å². The molecule has 0 fully saturated rings. The Morgan fingerprint density at radius 1 is 1.07 bits per heavy atom. The first kappa shape index (κ1) is 21.9. The van der Waals surface area contributed by atoms with E-state index >= 15 is 0 Å². The molecule has 0 unspecified atom stereocenters. The number of rotatable bonds is 9. The van der Waals surface area contributed by atoms with Gasteiger partial charge in [0, 0.05) is 6.54 Å². The van der Waals surface area contributed by atoms with Crippen LogP contribution in [0.2, 0.25) is 0 Å². The lowest BCUT2D eigenvalue weighted by atomic mass is 10.1. The lowest BCUT2D eigenvalue weighted by Crippen LogP contribution is -2.41. The third kappa shape index (κ3) is 6.65. The first-order chi connectivity index (χ1) is 13.2. The Hall–Kier alpha value is -2.38. The summed E-state index contributed by atoms with van der Waals surface area (Å²) in [5.74, 6) is 0.425. The molecule has 2 aromatic carbocycles. The van der Waals surface area contributed by atoms with Gasteiger partial charge in [-0.2, -0.15) is 4.31 Å². The van der Waals surface area contributed by atoms with Gasteiger partial charge in [0.25, 0.3) is 0 Å². The van der Waals surface area contributed by atoms with Crippen molar-refractivity contribution >= 4 is 15.9 Å². The number of amides is 1. The van der Waals surface area contributed by atoms with Gasteiger partial charge in [0.1, 0.15) is 12.4 Å². The van der Waals surface area contributed by atoms with Crippen molar-refractivity contribution in [3.63, 3.8) is 0 Å². The van der Waals surface area contributed by atoms with Crippen LogP contribution in [-0.2, 0) is 21.4 Å². The molecule has 0 heterocycles. The molecule has 7 heteroatoms. The fourth-order valence-electron chi connectivity index (χ4n) is 2.64. The molecule has 152 valence electrons. The van der Waals surface area contributed by atoms with E-state index in [0.29, 0.717) is 13.2 Å². The fraction of sp³-hybridized carbons (Fsp3) is 0.381. The summed E-state index contributed by atoms with van der Waals surface area (Å²) < 4.78 is 31.0. The molecule has 0 aliphatic rings. The van der Waals surface area contributed by atoms with Crippen molar-refractivity contribution in [1.29, 1.82) is 0 Å². The minimum Gasteiger partial charge on any atom is -0.491 e. The number of benzene rings is 2. The van der Waals surface area contributed by atoms with E-state index in [9.17, 15) is 13.2 Å². The zero-order valence-electron chi connectivity index (χ0n) is 16.9. The van der Waals surface area contributed by atoms with Crippen molar-refractivity contribution in [3.05, 3.63) is 64.7 Å². The van der Waals surface area contributed by atoms with E-state index in [1.807, 2.05) is 63.2 Å². The highest BCUT2D eigenvalue weighted by Crippen LogP contribution is 2.20. The minimum absolute atomic E-state index is 0.158. The predicted molar refractivity (Wildman–Crippen MR) is 111 cm³/mol. The van der Waals surface area contributed by atoms with Crippen LogP contribution < -0.4 is 10.1 Å². The quantitative estimate of drug-likeness (QED) is 0.652. The number of hydrogen-bond acceptors (Lipinski definition) is 4. The molecule has 0 saturated heterocycles. The van der Waals surface area contributed by atoms with E-state index in [2.05, 4.69) is 5.32 Å². The Kier molecular flexibility index (Phi) is 7.60. The monoisotopic (exact) mass is 404 g/mol. The van der Waals surface area contributed by atoms with Gasteiger partial charge in [-0.1, -0.05) is 42.0 Å². The van der Waals surface area contributed by atoms with Crippen molar-refractivity contribution in [2.24, 2.45) is 0 Å². The van der Waals surface area contributed by atoms with Gasteiger partial charge in [-0.05, 0) is 43.5 Å². The maximum Gasteiger partial charge on any atom is 0.235 e. The predicted octanol–water partition coefficient (Wildman–Crippen LogP) is 2.57. The molecule has 1 N–H and O–H groups in total. The molecule has 2 aromatic rings. The van der Waals surface area contributed by atoms with Crippen LogP contribution in [0.15, 0.2) is 42.5 Å². The van der Waals surface area contributed by atoms with Crippen LogP contribution in [0.1, 0.15) is 22.3 Å². The number of ether oxygens (including phenoxy) is 1. The average Bonchev–Trinajstić information content (AvgIpc) is 2.62. The van der Waals surface area contributed by atoms with Crippen LogP contribution in [0.25, 0.3) is 0 Å². The van der Waals surface area contributed by atoms with Crippen LogP contribution in [0.4, 0.5) is 0 Å². The van der Waals surface area contributed by atoms with Crippen molar-refractivity contribution in [3.8, 4) is 5.75 Å². The lowest BCUT2D eigenvalue weighted by Gasteiger charge is -2.20. The molecule has 6 nitrogen and oxygen atoms in total. The molecular formula is C21H28N2O4S. The molecular weight excluding hydrogens is 376 g/mol. The number of carbonyl (C=O) groups excluding carboxylic acids is 1. The molecule has 28 heavy (non-hydrogen) atoms. The first-order valence-electron chi connectivity index (χ1n) is 9.13. The minimum atomic E-state index is -3.51. The van der Waals surface area contributed by atoms with E-state index < -0.39 is 10.0 Å². The maximum absolute atomic E-state index is 12.2. The highest BCUT2D eigenvalue weighted by molar-refractivity contribution is 7.88. The van der Waals surface area contributed by atoms with Crippen LogP contribution >= 0.6 is 0 Å². The second kappa shape index (κ2) is 9.71. The molecule has 0 spiro atoms. The fourth-order valence-corrected chi connectivity index (χ4v) is 3.37. The first-order valence-corrected chi connectivity index (χ1v) is 11.0. The summed E-state index contributed by atoms with van der Waals surface area (Å²) in [6.07, 6.45) is 1.11. The second-order valence-electron chi connectivity index (χ2n) is 6.91. The van der Waals surface area contributed by atoms with Crippen molar-refractivity contribution in [1.82, 2.24) is 9.62 Å². The maximum atomic E-state index is 12.2. The lowest BCUT2D eigenvalue weighted by molar-refractivity contribution is -0.121. The van der Waals surface area contributed by atoms with E-state index in [4.69, 9.17) is 4.74 Å². The van der Waals surface area contributed by atoms with Crippen LogP contribution in [0, 0.1) is 20.8 Å². The Labute approximate surface area is 167 Å². The van der Waals surface area contributed by atoms with Gasteiger partial charge in [0.15, 0.2) is 0 Å². The summed E-state index contributed by atoms with van der Waals surface area (Å²) in [4.78, 5) is 12.2. The zero-order valence-corrected chi connectivity index (χ0v) is 17.7. The van der Waals surface area contributed by atoms with Gasteiger partial charge in [-0.15, -0.1) is 0 Å². The van der Waals surface area contributed by atoms with Crippen molar-refractivity contribution < 1.29 is 17.9 Å². The number of aryl methyl sites for hydroxylation is 2. The molecule has 0 aliphatic heterocycles. The highest BCUT2D eigenvalue weighted by Gasteiger charge is 2.20. The SMILES string of the molecule is Cc1ccc(CN(CC(=O)NCCOc2cccc(C)c2C)S(C)(=O)=O)cc1. The van der Waals surface area contributed by atoms with Crippen LogP contribution in [0.3, 0.4) is 0 Å².